The molecular formula is C45H60N4O12. The molecule has 0 spiro atoms. The maximum atomic E-state index is 14.4. The number of phenolic OH excluding ortho intramolecular Hbond substituents is 3. The lowest BCUT2D eigenvalue weighted by molar-refractivity contribution is -0.160. The largest absolute Gasteiger partial charge is 0.507 e. The van der Waals surface area contributed by atoms with Crippen LogP contribution in [0.2, 0.25) is 0 Å². The number of benzene rings is 2. The number of anilines is 1. The van der Waals surface area contributed by atoms with Crippen LogP contribution in [0.15, 0.2) is 46.3 Å². The van der Waals surface area contributed by atoms with Gasteiger partial charge in [-0.2, -0.15) is 5.10 Å². The van der Waals surface area contributed by atoms with Crippen molar-refractivity contribution in [2.24, 2.45) is 33.9 Å². The monoisotopic (exact) mass is 848 g/mol. The van der Waals surface area contributed by atoms with Crippen LogP contribution < -0.4 is 10.1 Å². The van der Waals surface area contributed by atoms with Crippen molar-refractivity contribution in [3.05, 3.63) is 52.8 Å². The summed E-state index contributed by atoms with van der Waals surface area (Å²) < 4.78 is 23.6. The summed E-state index contributed by atoms with van der Waals surface area (Å²) >= 11 is 0. The second-order valence-electron chi connectivity index (χ2n) is 16.5. The van der Waals surface area contributed by atoms with Crippen molar-refractivity contribution >= 4 is 46.7 Å². The number of fused-ring (bicyclic) bond motifs is 14. The summed E-state index contributed by atoms with van der Waals surface area (Å²) in [6.45, 7) is 14.1. The van der Waals surface area contributed by atoms with Gasteiger partial charge in [0.05, 0.1) is 53.0 Å². The highest BCUT2D eigenvalue weighted by molar-refractivity contribution is 6.23. The highest BCUT2D eigenvalue weighted by atomic mass is 16.7. The number of likely N-dealkylation sites (tertiary alicyclic amines) is 1. The number of methoxy groups -OCH3 is 1. The number of ketones is 1. The smallest absolute Gasteiger partial charge is 0.312 e. The van der Waals surface area contributed by atoms with Gasteiger partial charge in [0.15, 0.2) is 5.75 Å². The number of esters is 1. The van der Waals surface area contributed by atoms with Crippen LogP contribution in [0.3, 0.4) is 0 Å². The summed E-state index contributed by atoms with van der Waals surface area (Å²) in [7, 11) is 1.43. The number of rotatable bonds is 5. The predicted molar refractivity (Wildman–Crippen MR) is 230 cm³/mol. The first-order valence-electron chi connectivity index (χ1n) is 20.7. The van der Waals surface area contributed by atoms with E-state index in [0.29, 0.717) is 0 Å². The van der Waals surface area contributed by atoms with Gasteiger partial charge in [0.1, 0.15) is 29.7 Å². The highest BCUT2D eigenvalue weighted by Gasteiger charge is 2.50. The van der Waals surface area contributed by atoms with Crippen LogP contribution in [0.4, 0.5) is 5.69 Å². The Hall–Kier alpha value is -5.45. The van der Waals surface area contributed by atoms with E-state index in [9.17, 15) is 39.9 Å². The molecule has 4 heterocycles. The van der Waals surface area contributed by atoms with Gasteiger partial charge in [-0.3, -0.25) is 14.4 Å². The minimum absolute atomic E-state index is 0.0417. The molecule has 9 atom stereocenters. The van der Waals surface area contributed by atoms with E-state index in [1.54, 1.807) is 46.2 Å². The van der Waals surface area contributed by atoms with E-state index < -0.39 is 88.8 Å². The summed E-state index contributed by atoms with van der Waals surface area (Å²) in [4.78, 5) is 42.5. The maximum absolute atomic E-state index is 14.4. The van der Waals surface area contributed by atoms with Gasteiger partial charge < -0.3 is 54.7 Å². The lowest BCUT2D eigenvalue weighted by Crippen LogP contribution is -2.46. The van der Waals surface area contributed by atoms with Crippen LogP contribution in [0.25, 0.3) is 10.8 Å². The molecule has 6 N–H and O–H groups in total. The number of aliphatic hydroxyl groups is 2. The van der Waals surface area contributed by atoms with E-state index in [0.717, 1.165) is 45.0 Å². The van der Waals surface area contributed by atoms with Crippen molar-refractivity contribution in [1.29, 1.82) is 0 Å². The third-order valence-corrected chi connectivity index (χ3v) is 12.1. The molecule has 2 aromatic carbocycles. The molecule has 2 aromatic rings. The van der Waals surface area contributed by atoms with E-state index >= 15 is 0 Å². The quantitative estimate of drug-likeness (QED) is 0.0508. The number of allylic oxidation sites excluding steroid dienone is 2. The molecule has 16 nitrogen and oxygen atoms in total. The van der Waals surface area contributed by atoms with Crippen LogP contribution in [-0.2, 0) is 23.8 Å². The van der Waals surface area contributed by atoms with Gasteiger partial charge in [0, 0.05) is 74.2 Å². The Bertz CT molecular complexity index is 2140. The molecule has 5 bridgehead atoms. The summed E-state index contributed by atoms with van der Waals surface area (Å²) in [5.74, 6) is -8.55. The third-order valence-electron chi connectivity index (χ3n) is 12.1. The van der Waals surface area contributed by atoms with E-state index in [-0.39, 0.29) is 44.5 Å². The summed E-state index contributed by atoms with van der Waals surface area (Å²) in [5.41, 5.74) is -0.537. The molecule has 4 aliphatic heterocycles. The van der Waals surface area contributed by atoms with E-state index in [2.05, 4.69) is 15.5 Å². The Morgan fingerprint density at radius 3 is 2.23 bits per heavy atom. The van der Waals surface area contributed by atoms with Crippen molar-refractivity contribution in [3.8, 4) is 23.0 Å². The van der Waals surface area contributed by atoms with Crippen LogP contribution in [0.1, 0.15) is 95.6 Å². The first kappa shape index (κ1) is 46.6. The molecule has 61 heavy (non-hydrogen) atoms. The molecule has 0 aliphatic carbocycles. The third kappa shape index (κ3) is 9.71. The van der Waals surface area contributed by atoms with Crippen molar-refractivity contribution in [2.45, 2.75) is 111 Å². The Morgan fingerprint density at radius 2 is 1.59 bits per heavy atom. The number of carbonyl (C=O) groups is 3. The van der Waals surface area contributed by atoms with Gasteiger partial charge in [-0.1, -0.05) is 58.8 Å². The number of amides is 1. The second-order valence-corrected chi connectivity index (χ2v) is 16.5. The second kappa shape index (κ2) is 19.5. The SMILES string of the molecule is CO[C@H]1/C=C/O[C@@]2(C)Oc3c(C)c(O)c4c(O)c(c(/C=N/N=C/N5CCCCCC5)c(O)c4c3C2=O)NC(=O)/C(C)=C\C=C\[C@@H](C)[C@H](O)[C@@H](C)[C@H](O)[C@H](C)[C@H](OC(C)=O)[C@@H]1C. The van der Waals surface area contributed by atoms with Crippen LogP contribution >= 0.6 is 0 Å². The number of carbonyl (C=O) groups excluding carboxylic acids is 3. The lowest BCUT2D eigenvalue weighted by atomic mass is 9.78. The number of hydrogen-bond donors (Lipinski definition) is 6. The molecule has 1 amide bonds. The fourth-order valence-corrected chi connectivity index (χ4v) is 8.28. The van der Waals surface area contributed by atoms with E-state index in [1.807, 2.05) is 4.90 Å². The number of ether oxygens (including phenoxy) is 4. The fraction of sp³-hybridized carbons (Fsp3) is 0.533. The zero-order chi connectivity index (χ0) is 44.9. The first-order chi connectivity index (χ1) is 28.8. The summed E-state index contributed by atoms with van der Waals surface area (Å²) in [5, 5.41) is 68.8. The molecule has 16 heteroatoms. The number of nitrogens with zero attached hydrogens (tertiary/aromatic N) is 3. The lowest BCUT2D eigenvalue weighted by Gasteiger charge is -2.38. The van der Waals surface area contributed by atoms with Crippen molar-refractivity contribution in [2.75, 3.05) is 25.5 Å². The van der Waals surface area contributed by atoms with Crippen molar-refractivity contribution in [3.63, 3.8) is 0 Å². The van der Waals surface area contributed by atoms with Gasteiger partial charge in [-0.05, 0) is 32.8 Å². The Morgan fingerprint density at radius 1 is 0.918 bits per heavy atom. The zero-order valence-electron chi connectivity index (χ0n) is 36.3. The molecule has 1 fully saturated rings. The molecule has 332 valence electrons. The van der Waals surface area contributed by atoms with Crippen molar-refractivity contribution in [1.82, 2.24) is 4.90 Å². The number of aromatic hydroxyl groups is 3. The normalized spacial score (nSPS) is 31.4. The van der Waals surface area contributed by atoms with Gasteiger partial charge in [-0.25, -0.2) is 0 Å². The average molecular weight is 849 g/mol. The number of hydrogen-bond acceptors (Lipinski definition) is 14. The number of Topliss-reactive ketones (excluding diaryl/α,β-unsaturated/α-hetero) is 1. The van der Waals surface area contributed by atoms with Crippen LogP contribution in [0, 0.1) is 30.6 Å². The minimum atomic E-state index is -2.06. The topological polar surface area (TPSA) is 229 Å². The molecule has 6 rings (SSSR count). The standard InChI is InChI=1S/C45H60N4O12/c1-23-15-14-16-24(2)44(57)48-35-30(21-46-47-22-49-18-12-10-11-13-19-49)39(54)32-33(40(35)55)38(53)28(6)42-34(32)43(56)45(8,61-42)59-20-17-31(58-9)25(3)41(60-29(7)50)27(5)37(52)26(4)36(23)51/h14-17,20-23,25-27,31,36-37,41,51-55H,10-13,18-19H2,1-9H3,(H,48,57)/b15-14+,20-17+,24-16-,46-21+,47-22+/t23-,25-,26-,27+,31+,36+,37+,41-,45+/m1/s1. The number of nitrogens with one attached hydrogen (secondary N) is 1. The Labute approximate surface area is 356 Å². The van der Waals surface area contributed by atoms with Gasteiger partial charge in [-0.15, -0.1) is 5.10 Å². The minimum Gasteiger partial charge on any atom is -0.507 e. The molecule has 0 radical (unpaired) electrons. The fourth-order valence-electron chi connectivity index (χ4n) is 8.28. The van der Waals surface area contributed by atoms with E-state index in [4.69, 9.17) is 18.9 Å². The number of phenols is 3. The zero-order valence-corrected chi connectivity index (χ0v) is 36.3. The van der Waals surface area contributed by atoms with Gasteiger partial charge in [0.2, 0.25) is 0 Å². The van der Waals surface area contributed by atoms with Crippen molar-refractivity contribution < 1.29 is 58.9 Å². The number of aliphatic hydroxyl groups excluding tert-OH is 2. The highest BCUT2D eigenvalue weighted by Crippen LogP contribution is 2.55. The molecule has 0 unspecified atom stereocenters. The van der Waals surface area contributed by atoms with Gasteiger partial charge in [0.25, 0.3) is 11.7 Å². The molecule has 0 aromatic heterocycles. The molecule has 0 saturated carbocycles. The first-order valence-corrected chi connectivity index (χ1v) is 20.7. The average Bonchev–Trinajstić information content (AvgIpc) is 3.35. The van der Waals surface area contributed by atoms with E-state index in [1.165, 1.54) is 53.2 Å². The molecular weight excluding hydrogens is 789 g/mol. The molecule has 4 aliphatic rings. The Kier molecular flexibility index (Phi) is 14.9. The van der Waals surface area contributed by atoms with Crippen LogP contribution in [0.5, 0.6) is 23.0 Å². The summed E-state index contributed by atoms with van der Waals surface area (Å²) in [6.07, 6.45) is 10.4. The maximum Gasteiger partial charge on any atom is 0.312 e. The summed E-state index contributed by atoms with van der Waals surface area (Å²) in [6, 6.07) is 0. The van der Waals surface area contributed by atoms with Crippen LogP contribution in [-0.4, -0.2) is 111 Å². The molecule has 1 saturated heterocycles. The Balaban J connectivity index is 1.69. The predicted octanol–water partition coefficient (Wildman–Crippen LogP) is 5.99. The van der Waals surface area contributed by atoms with Gasteiger partial charge >= 0.3 is 11.8 Å².